The molecular weight excluding hydrogens is 332 g/mol. The molecule has 2 aliphatic heterocycles. The quantitative estimate of drug-likeness (QED) is 0.604. The molecule has 3 N–H and O–H groups in total. The molecule has 2 heterocycles. The van der Waals surface area contributed by atoms with Crippen molar-refractivity contribution in [1.29, 1.82) is 0 Å². The SMILES string of the molecule is CC(=O)N1c2ccc(Br)cc2C2=NNC(=S)N[C@]21O. The van der Waals surface area contributed by atoms with Gasteiger partial charge in [-0.2, -0.15) is 5.10 Å². The van der Waals surface area contributed by atoms with Gasteiger partial charge in [0, 0.05) is 17.0 Å². The predicted molar refractivity (Wildman–Crippen MR) is 77.7 cm³/mol. The summed E-state index contributed by atoms with van der Waals surface area (Å²) in [7, 11) is 0. The lowest BCUT2D eigenvalue weighted by Crippen LogP contribution is -2.68. The molecule has 0 aliphatic carbocycles. The normalized spacial score (nSPS) is 24.1. The van der Waals surface area contributed by atoms with Crippen LogP contribution < -0.4 is 15.6 Å². The minimum Gasteiger partial charge on any atom is -0.349 e. The van der Waals surface area contributed by atoms with Crippen LogP contribution in [0.5, 0.6) is 0 Å². The van der Waals surface area contributed by atoms with Crippen LogP contribution in [0, 0.1) is 0 Å². The predicted octanol–water partition coefficient (Wildman–Crippen LogP) is 0.643. The number of hydrazone groups is 1. The Morgan fingerprint density at radius 1 is 1.58 bits per heavy atom. The molecule has 0 saturated carbocycles. The number of fused-ring (bicyclic) bond motifs is 3. The van der Waals surface area contributed by atoms with E-state index in [1.807, 2.05) is 0 Å². The van der Waals surface area contributed by atoms with Crippen molar-refractivity contribution in [2.75, 3.05) is 4.90 Å². The van der Waals surface area contributed by atoms with Gasteiger partial charge in [0.2, 0.25) is 5.91 Å². The minimum absolute atomic E-state index is 0.157. The lowest BCUT2D eigenvalue weighted by Gasteiger charge is -2.36. The van der Waals surface area contributed by atoms with Crippen LogP contribution in [0.3, 0.4) is 0 Å². The van der Waals surface area contributed by atoms with Crippen LogP contribution in [0.4, 0.5) is 5.69 Å². The minimum atomic E-state index is -1.74. The van der Waals surface area contributed by atoms with Crippen LogP contribution >= 0.6 is 28.1 Å². The molecule has 0 saturated heterocycles. The summed E-state index contributed by atoms with van der Waals surface area (Å²) in [6.07, 6.45) is 0. The molecule has 19 heavy (non-hydrogen) atoms. The van der Waals surface area contributed by atoms with Gasteiger partial charge >= 0.3 is 0 Å². The van der Waals surface area contributed by atoms with Gasteiger partial charge < -0.3 is 10.4 Å². The number of carbonyl (C=O) groups is 1. The van der Waals surface area contributed by atoms with Crippen LogP contribution in [0.15, 0.2) is 27.8 Å². The van der Waals surface area contributed by atoms with Crippen molar-refractivity contribution < 1.29 is 9.90 Å². The second-order valence-electron chi connectivity index (χ2n) is 4.21. The zero-order valence-electron chi connectivity index (χ0n) is 9.77. The second kappa shape index (κ2) is 3.99. The molecule has 98 valence electrons. The molecule has 1 aromatic rings. The highest BCUT2D eigenvalue weighted by Gasteiger charge is 2.52. The summed E-state index contributed by atoms with van der Waals surface area (Å²) in [5.74, 6) is -2.05. The molecule has 1 amide bonds. The highest BCUT2D eigenvalue weighted by molar-refractivity contribution is 9.10. The number of thiocarbonyl (C=S) groups is 1. The summed E-state index contributed by atoms with van der Waals surface area (Å²) >= 11 is 8.30. The maximum atomic E-state index is 11.9. The first-order valence-corrected chi connectivity index (χ1v) is 6.63. The van der Waals surface area contributed by atoms with Crippen LogP contribution in [0.2, 0.25) is 0 Å². The van der Waals surface area contributed by atoms with Crippen molar-refractivity contribution in [1.82, 2.24) is 10.7 Å². The highest BCUT2D eigenvalue weighted by Crippen LogP contribution is 2.38. The molecule has 3 rings (SSSR count). The Balaban J connectivity index is 2.28. The smallest absolute Gasteiger partial charge is 0.273 e. The topological polar surface area (TPSA) is 77.0 Å². The number of nitrogens with one attached hydrogen (secondary N) is 2. The van der Waals surface area contributed by atoms with Crippen LogP contribution in [0.25, 0.3) is 0 Å². The molecule has 1 atom stereocenters. The standard InChI is InChI=1S/C11H9BrN4O2S/c1-5(17)16-8-3-2-6(12)4-7(8)9-11(16,18)13-10(19)15-14-9/h2-4,18H,1H3,(H2,13,15,19)/t11-/m1/s1. The highest BCUT2D eigenvalue weighted by atomic mass is 79.9. The molecule has 0 spiro atoms. The summed E-state index contributed by atoms with van der Waals surface area (Å²) in [6.45, 7) is 1.37. The summed E-state index contributed by atoms with van der Waals surface area (Å²) < 4.78 is 0.829. The Morgan fingerprint density at radius 2 is 2.32 bits per heavy atom. The molecule has 0 aromatic heterocycles. The number of aliphatic hydroxyl groups is 1. The van der Waals surface area contributed by atoms with Gasteiger partial charge in [-0.25, -0.2) is 0 Å². The van der Waals surface area contributed by atoms with Gasteiger partial charge in [0.05, 0.1) is 5.69 Å². The van der Waals surface area contributed by atoms with Gasteiger partial charge in [0.1, 0.15) is 5.71 Å². The maximum absolute atomic E-state index is 11.9. The van der Waals surface area contributed by atoms with E-state index >= 15 is 0 Å². The van der Waals surface area contributed by atoms with Gasteiger partial charge in [0.25, 0.3) is 5.85 Å². The molecule has 0 unspecified atom stereocenters. The number of halogens is 1. The summed E-state index contributed by atoms with van der Waals surface area (Å²) in [5, 5.41) is 17.6. The lowest BCUT2D eigenvalue weighted by molar-refractivity contribution is -0.119. The number of amides is 1. The van der Waals surface area contributed by atoms with Crippen molar-refractivity contribution in [2.24, 2.45) is 5.10 Å². The number of carbonyl (C=O) groups excluding carboxylic acids is 1. The monoisotopic (exact) mass is 340 g/mol. The van der Waals surface area contributed by atoms with Crippen molar-refractivity contribution in [3.8, 4) is 0 Å². The molecular formula is C11H9BrN4O2S. The van der Waals surface area contributed by atoms with E-state index in [4.69, 9.17) is 12.2 Å². The third-order valence-corrected chi connectivity index (χ3v) is 3.67. The van der Waals surface area contributed by atoms with Gasteiger partial charge in [-0.3, -0.25) is 15.1 Å². The fourth-order valence-corrected chi connectivity index (χ4v) is 2.85. The largest absolute Gasteiger partial charge is 0.349 e. The Kier molecular flexibility index (Phi) is 2.63. The molecule has 2 aliphatic rings. The van der Waals surface area contributed by atoms with E-state index in [1.54, 1.807) is 18.2 Å². The van der Waals surface area contributed by atoms with Crippen molar-refractivity contribution >= 4 is 50.6 Å². The summed E-state index contributed by atoms with van der Waals surface area (Å²) in [6, 6.07) is 5.33. The van der Waals surface area contributed by atoms with Crippen LogP contribution in [-0.2, 0) is 4.79 Å². The molecule has 0 bridgehead atoms. The van der Waals surface area contributed by atoms with Crippen molar-refractivity contribution in [3.63, 3.8) is 0 Å². The van der Waals surface area contributed by atoms with E-state index in [1.165, 1.54) is 11.8 Å². The Labute approximate surface area is 122 Å². The Hall–Kier alpha value is -1.51. The fourth-order valence-electron chi connectivity index (χ4n) is 2.30. The number of rotatable bonds is 0. The molecule has 8 heteroatoms. The number of anilines is 1. The fraction of sp³-hybridized carbons (Fsp3) is 0.182. The Bertz CT molecular complexity index is 648. The van der Waals surface area contributed by atoms with Crippen molar-refractivity contribution in [3.05, 3.63) is 28.2 Å². The van der Waals surface area contributed by atoms with E-state index in [0.29, 0.717) is 17.0 Å². The average molecular weight is 341 g/mol. The van der Waals surface area contributed by atoms with Crippen LogP contribution in [-0.4, -0.2) is 27.7 Å². The molecule has 6 nitrogen and oxygen atoms in total. The summed E-state index contributed by atoms with van der Waals surface area (Å²) in [4.78, 5) is 13.1. The van der Waals surface area contributed by atoms with E-state index in [2.05, 4.69) is 31.8 Å². The van der Waals surface area contributed by atoms with Gasteiger partial charge in [-0.15, -0.1) is 0 Å². The third kappa shape index (κ3) is 1.67. The second-order valence-corrected chi connectivity index (χ2v) is 5.54. The number of hydrogen-bond acceptors (Lipinski definition) is 4. The van der Waals surface area contributed by atoms with E-state index in [-0.39, 0.29) is 11.0 Å². The van der Waals surface area contributed by atoms with E-state index < -0.39 is 5.85 Å². The lowest BCUT2D eigenvalue weighted by atomic mass is 10.1. The van der Waals surface area contributed by atoms with E-state index in [0.717, 1.165) is 4.47 Å². The zero-order chi connectivity index (χ0) is 13.8. The molecule has 0 fully saturated rings. The number of benzene rings is 1. The molecule has 1 aromatic carbocycles. The zero-order valence-corrected chi connectivity index (χ0v) is 12.2. The van der Waals surface area contributed by atoms with Crippen molar-refractivity contribution in [2.45, 2.75) is 12.8 Å². The Morgan fingerprint density at radius 3 is 3.00 bits per heavy atom. The van der Waals surface area contributed by atoms with E-state index in [9.17, 15) is 9.90 Å². The number of hydrogen-bond donors (Lipinski definition) is 3. The number of nitrogens with zero attached hydrogens (tertiary/aromatic N) is 2. The maximum Gasteiger partial charge on any atom is 0.273 e. The van der Waals surface area contributed by atoms with Gasteiger partial charge in [0.15, 0.2) is 5.11 Å². The van der Waals surface area contributed by atoms with Gasteiger partial charge in [-0.1, -0.05) is 15.9 Å². The van der Waals surface area contributed by atoms with Crippen LogP contribution in [0.1, 0.15) is 12.5 Å². The van der Waals surface area contributed by atoms with Gasteiger partial charge in [-0.05, 0) is 30.4 Å². The summed E-state index contributed by atoms with van der Waals surface area (Å²) in [5.41, 5.74) is 4.15. The molecule has 0 radical (unpaired) electrons. The first-order chi connectivity index (χ1) is 8.93. The third-order valence-electron chi connectivity index (χ3n) is 2.98. The first-order valence-electron chi connectivity index (χ1n) is 5.43. The average Bonchev–Trinajstić information content (AvgIpc) is 2.55. The first kappa shape index (κ1) is 12.5.